The standard InChI is InChI=1S/C20H26FNO3/c1-12(19(23)24)16(13-2-3-13)15-5-4-14-6-7-20(8-10-22-11-9-20)25-18(14)17(15)21/h4-5,12-13,16,22H,2-3,6-11H2,1H3,(H,23,24). The van der Waals surface area contributed by atoms with E-state index in [4.69, 9.17) is 4.74 Å². The normalized spacial score (nSPS) is 24.2. The zero-order chi connectivity index (χ0) is 17.6. The monoisotopic (exact) mass is 347 g/mol. The summed E-state index contributed by atoms with van der Waals surface area (Å²) in [6.07, 6.45) is 5.51. The van der Waals surface area contributed by atoms with Crippen LogP contribution in [0.2, 0.25) is 0 Å². The van der Waals surface area contributed by atoms with Gasteiger partial charge in [-0.1, -0.05) is 19.1 Å². The molecule has 2 fully saturated rings. The molecule has 0 bridgehead atoms. The van der Waals surface area contributed by atoms with Gasteiger partial charge >= 0.3 is 5.97 Å². The van der Waals surface area contributed by atoms with E-state index in [2.05, 4.69) is 5.32 Å². The number of aliphatic carboxylic acids is 1. The second-order valence-electron chi connectivity index (χ2n) is 7.98. The molecule has 25 heavy (non-hydrogen) atoms. The molecule has 2 N–H and O–H groups in total. The highest BCUT2D eigenvalue weighted by Gasteiger charge is 2.43. The lowest BCUT2D eigenvalue weighted by atomic mass is 9.80. The van der Waals surface area contributed by atoms with Gasteiger partial charge in [-0.15, -0.1) is 0 Å². The van der Waals surface area contributed by atoms with Crippen molar-refractivity contribution in [3.05, 3.63) is 29.1 Å². The van der Waals surface area contributed by atoms with E-state index in [0.717, 1.165) is 57.2 Å². The first-order valence-electron chi connectivity index (χ1n) is 9.44. The summed E-state index contributed by atoms with van der Waals surface area (Å²) in [7, 11) is 0. The molecule has 1 spiro atoms. The van der Waals surface area contributed by atoms with Crippen LogP contribution in [0, 0.1) is 17.7 Å². The van der Waals surface area contributed by atoms with Crippen LogP contribution < -0.4 is 10.1 Å². The van der Waals surface area contributed by atoms with Gasteiger partial charge in [0.15, 0.2) is 11.6 Å². The van der Waals surface area contributed by atoms with Gasteiger partial charge in [0.1, 0.15) is 5.60 Å². The largest absolute Gasteiger partial charge is 0.484 e. The fraction of sp³-hybridized carbons (Fsp3) is 0.650. The molecule has 1 aliphatic carbocycles. The van der Waals surface area contributed by atoms with E-state index in [1.54, 1.807) is 13.0 Å². The predicted molar refractivity (Wildman–Crippen MR) is 92.4 cm³/mol. The Morgan fingerprint density at radius 2 is 2.04 bits per heavy atom. The molecule has 1 saturated carbocycles. The average Bonchev–Trinajstić information content (AvgIpc) is 3.43. The van der Waals surface area contributed by atoms with Gasteiger partial charge in [0, 0.05) is 5.92 Å². The van der Waals surface area contributed by atoms with Crippen molar-refractivity contribution in [1.82, 2.24) is 5.32 Å². The Labute approximate surface area is 147 Å². The maximum absolute atomic E-state index is 15.4. The highest BCUT2D eigenvalue weighted by atomic mass is 19.1. The van der Waals surface area contributed by atoms with Crippen LogP contribution >= 0.6 is 0 Å². The average molecular weight is 347 g/mol. The minimum Gasteiger partial charge on any atom is -0.484 e. The number of aryl methyl sites for hydroxylation is 1. The van der Waals surface area contributed by atoms with Crippen LogP contribution in [0.5, 0.6) is 5.75 Å². The van der Waals surface area contributed by atoms with Crippen molar-refractivity contribution < 1.29 is 19.0 Å². The molecule has 2 heterocycles. The minimum atomic E-state index is -0.857. The molecule has 0 aromatic heterocycles. The minimum absolute atomic E-state index is 0.259. The molecule has 2 aliphatic heterocycles. The summed E-state index contributed by atoms with van der Waals surface area (Å²) in [5.74, 6) is -1.37. The van der Waals surface area contributed by atoms with Crippen LogP contribution in [0.25, 0.3) is 0 Å². The lowest BCUT2D eigenvalue weighted by molar-refractivity contribution is -0.142. The Kier molecular flexibility index (Phi) is 4.22. The van der Waals surface area contributed by atoms with Gasteiger partial charge in [-0.05, 0) is 68.7 Å². The van der Waals surface area contributed by atoms with Gasteiger partial charge in [-0.2, -0.15) is 0 Å². The maximum atomic E-state index is 15.4. The van der Waals surface area contributed by atoms with E-state index < -0.39 is 11.9 Å². The van der Waals surface area contributed by atoms with Crippen LogP contribution in [-0.2, 0) is 11.2 Å². The fourth-order valence-electron chi connectivity index (χ4n) is 4.58. The van der Waals surface area contributed by atoms with Crippen molar-refractivity contribution >= 4 is 5.97 Å². The summed E-state index contributed by atoms with van der Waals surface area (Å²) in [6, 6.07) is 3.76. The van der Waals surface area contributed by atoms with Crippen LogP contribution in [0.1, 0.15) is 56.1 Å². The number of carboxylic acids is 1. The molecule has 0 radical (unpaired) electrons. The molecule has 1 aromatic rings. The lowest BCUT2D eigenvalue weighted by Crippen LogP contribution is -2.48. The van der Waals surface area contributed by atoms with Gasteiger partial charge in [-0.3, -0.25) is 4.79 Å². The molecule has 4 nitrogen and oxygen atoms in total. The summed E-state index contributed by atoms with van der Waals surface area (Å²) in [5, 5.41) is 12.8. The van der Waals surface area contributed by atoms with Crippen molar-refractivity contribution in [2.75, 3.05) is 13.1 Å². The Morgan fingerprint density at radius 1 is 1.32 bits per heavy atom. The number of piperidine rings is 1. The molecule has 2 unspecified atom stereocenters. The number of hydrogen-bond acceptors (Lipinski definition) is 3. The quantitative estimate of drug-likeness (QED) is 0.875. The predicted octanol–water partition coefficient (Wildman–Crippen LogP) is 3.49. The van der Waals surface area contributed by atoms with Crippen LogP contribution in [0.4, 0.5) is 4.39 Å². The third-order valence-electron chi connectivity index (χ3n) is 6.31. The number of ether oxygens (including phenoxy) is 1. The molecule has 136 valence electrons. The van der Waals surface area contributed by atoms with E-state index in [1.165, 1.54) is 0 Å². The van der Waals surface area contributed by atoms with E-state index >= 15 is 4.39 Å². The number of halogens is 1. The van der Waals surface area contributed by atoms with E-state index in [0.29, 0.717) is 11.3 Å². The summed E-state index contributed by atoms with van der Waals surface area (Å²) >= 11 is 0. The number of carbonyl (C=O) groups is 1. The Morgan fingerprint density at radius 3 is 2.68 bits per heavy atom. The number of fused-ring (bicyclic) bond motifs is 1. The summed E-state index contributed by atoms with van der Waals surface area (Å²) in [6.45, 7) is 3.49. The van der Waals surface area contributed by atoms with Crippen molar-refractivity contribution in [1.29, 1.82) is 0 Å². The summed E-state index contributed by atoms with van der Waals surface area (Å²) in [4.78, 5) is 11.5. The molecule has 2 atom stereocenters. The Bertz CT molecular complexity index is 680. The number of hydrogen-bond donors (Lipinski definition) is 2. The number of rotatable bonds is 4. The van der Waals surface area contributed by atoms with Gasteiger partial charge in [-0.25, -0.2) is 4.39 Å². The first kappa shape index (κ1) is 16.8. The van der Waals surface area contributed by atoms with Gasteiger partial charge in [0.2, 0.25) is 0 Å². The number of carboxylic acid groups (broad SMARTS) is 1. The third-order valence-corrected chi connectivity index (χ3v) is 6.31. The van der Waals surface area contributed by atoms with Gasteiger partial charge in [0.25, 0.3) is 0 Å². The van der Waals surface area contributed by atoms with Crippen molar-refractivity contribution in [3.8, 4) is 5.75 Å². The fourth-order valence-corrected chi connectivity index (χ4v) is 4.58. The molecule has 4 rings (SSSR count). The first-order valence-corrected chi connectivity index (χ1v) is 9.44. The zero-order valence-corrected chi connectivity index (χ0v) is 14.7. The summed E-state index contributed by atoms with van der Waals surface area (Å²) in [5.41, 5.74) is 1.19. The molecule has 1 aromatic carbocycles. The Balaban J connectivity index is 1.69. The SMILES string of the molecule is CC(C(=O)O)C(c1ccc2c(c1F)OC1(CCNCC1)CC2)C1CC1. The van der Waals surface area contributed by atoms with E-state index in [1.807, 2.05) is 6.07 Å². The van der Waals surface area contributed by atoms with Gasteiger partial charge < -0.3 is 15.2 Å². The third kappa shape index (κ3) is 3.03. The van der Waals surface area contributed by atoms with E-state index in [-0.39, 0.29) is 23.3 Å². The molecule has 1 saturated heterocycles. The molecule has 3 aliphatic rings. The second kappa shape index (κ2) is 6.27. The first-order chi connectivity index (χ1) is 12.0. The molecule has 5 heteroatoms. The lowest BCUT2D eigenvalue weighted by Gasteiger charge is -2.42. The maximum Gasteiger partial charge on any atom is 0.306 e. The molecule has 0 amide bonds. The van der Waals surface area contributed by atoms with Crippen molar-refractivity contribution in [3.63, 3.8) is 0 Å². The van der Waals surface area contributed by atoms with Crippen LogP contribution in [0.15, 0.2) is 12.1 Å². The highest BCUT2D eigenvalue weighted by molar-refractivity contribution is 5.71. The molecular formula is C20H26FNO3. The Hall–Kier alpha value is -1.62. The topological polar surface area (TPSA) is 58.6 Å². The smallest absolute Gasteiger partial charge is 0.306 e. The van der Waals surface area contributed by atoms with Crippen molar-refractivity contribution in [2.45, 2.75) is 57.0 Å². The summed E-state index contributed by atoms with van der Waals surface area (Å²) < 4.78 is 21.7. The van der Waals surface area contributed by atoms with E-state index in [9.17, 15) is 9.90 Å². The van der Waals surface area contributed by atoms with Crippen LogP contribution in [0.3, 0.4) is 0 Å². The zero-order valence-electron chi connectivity index (χ0n) is 14.7. The van der Waals surface area contributed by atoms with Gasteiger partial charge in [0.05, 0.1) is 5.92 Å². The number of nitrogens with one attached hydrogen (secondary N) is 1. The van der Waals surface area contributed by atoms with Crippen molar-refractivity contribution in [2.24, 2.45) is 11.8 Å². The second-order valence-corrected chi connectivity index (χ2v) is 7.98. The highest BCUT2D eigenvalue weighted by Crippen LogP contribution is 2.50. The number of benzene rings is 1. The molecular weight excluding hydrogens is 321 g/mol. The van der Waals surface area contributed by atoms with Crippen LogP contribution in [-0.4, -0.2) is 29.8 Å².